The molecule has 0 unspecified atom stereocenters. The van der Waals surface area contributed by atoms with Crippen molar-refractivity contribution in [1.29, 1.82) is 0 Å². The quantitative estimate of drug-likeness (QED) is 0.139. The molecule has 0 spiro atoms. The number of hydrogen-bond acceptors (Lipinski definition) is 15. The van der Waals surface area contributed by atoms with Gasteiger partial charge in [0.2, 0.25) is 0 Å². The summed E-state index contributed by atoms with van der Waals surface area (Å²) >= 11 is 0. The largest absolute Gasteiger partial charge is 0.264 e. The van der Waals surface area contributed by atoms with Gasteiger partial charge in [0.15, 0.2) is 0 Å². The molecule has 0 aliphatic heterocycles. The molecule has 15 heteroatoms. The summed E-state index contributed by atoms with van der Waals surface area (Å²) in [6.07, 6.45) is 29.2. The van der Waals surface area contributed by atoms with Crippen molar-refractivity contribution >= 4 is 0 Å². The van der Waals surface area contributed by atoms with Crippen LogP contribution in [-0.2, 0) is 0 Å². The van der Waals surface area contributed by atoms with Gasteiger partial charge in [-0.3, -0.25) is 29.9 Å². The average molecular weight is 978 g/mol. The van der Waals surface area contributed by atoms with Gasteiger partial charge in [0.05, 0.1) is 0 Å². The highest BCUT2D eigenvalue weighted by Crippen LogP contribution is 2.00. The van der Waals surface area contributed by atoms with Gasteiger partial charge < -0.3 is 0 Å². The number of aromatic nitrogens is 15. The molecule has 0 bridgehead atoms. The predicted molar refractivity (Wildman–Crippen MR) is 293 cm³/mol. The Balaban J connectivity index is 0.000000406. The molecule has 0 amide bonds. The maximum atomic E-state index is 4.08. The monoisotopic (exact) mass is 978 g/mol. The minimum atomic E-state index is 0.759. The summed E-state index contributed by atoms with van der Waals surface area (Å²) in [4.78, 5) is 58.0. The summed E-state index contributed by atoms with van der Waals surface area (Å²) < 4.78 is 0. The summed E-state index contributed by atoms with van der Waals surface area (Å²) in [6, 6.07) is 29.4. The Kier molecular flexibility index (Phi) is 34.9. The fourth-order valence-corrected chi connectivity index (χ4v) is 4.58. The van der Waals surface area contributed by atoms with E-state index in [1.54, 1.807) is 55.6 Å². The van der Waals surface area contributed by atoms with E-state index in [0.29, 0.717) is 0 Å². The highest BCUT2D eigenvalue weighted by atomic mass is 15.0. The first kappa shape index (κ1) is 62.2. The van der Waals surface area contributed by atoms with Gasteiger partial charge in [0, 0.05) is 109 Å². The molecule has 378 valence electrons. The average Bonchev–Trinajstić information content (AvgIpc) is 3.39. The van der Waals surface area contributed by atoms with Crippen molar-refractivity contribution in [3.63, 3.8) is 0 Å². The van der Waals surface area contributed by atoms with Crippen molar-refractivity contribution in [3.05, 3.63) is 270 Å². The fraction of sp³-hybridized carbons (Fsp3) is 0.224. The minimum absolute atomic E-state index is 0.759. The normalized spacial score (nSPS) is 8.89. The van der Waals surface area contributed by atoms with Crippen molar-refractivity contribution in [2.75, 3.05) is 0 Å². The van der Waals surface area contributed by atoms with E-state index in [-0.39, 0.29) is 0 Å². The highest BCUT2D eigenvalue weighted by molar-refractivity contribution is 5.16. The lowest BCUT2D eigenvalue weighted by atomic mass is 10.2. The zero-order valence-electron chi connectivity index (χ0n) is 44.7. The molecule has 0 aliphatic carbocycles. The highest BCUT2D eigenvalue weighted by Gasteiger charge is 1.87. The summed E-state index contributed by atoms with van der Waals surface area (Å²) in [5.74, 6) is 1.58. The Labute approximate surface area is 433 Å². The zero-order chi connectivity index (χ0) is 53.7. The fourth-order valence-electron chi connectivity index (χ4n) is 4.58. The number of nitrogens with zero attached hydrogens (tertiary/aromatic N) is 15. The van der Waals surface area contributed by atoms with Gasteiger partial charge in [-0.1, -0.05) is 36.4 Å². The maximum Gasteiger partial charge on any atom is 0.128 e. The van der Waals surface area contributed by atoms with Gasteiger partial charge in [0.25, 0.3) is 0 Å². The van der Waals surface area contributed by atoms with Gasteiger partial charge in [-0.25, -0.2) is 44.9 Å². The van der Waals surface area contributed by atoms with Crippen LogP contribution in [0.15, 0.2) is 197 Å². The first-order valence-corrected chi connectivity index (χ1v) is 23.2. The van der Waals surface area contributed by atoms with Gasteiger partial charge in [-0.2, -0.15) is 0 Å². The second-order valence-electron chi connectivity index (χ2n) is 15.6. The molecular formula is C58H71N15. The molecule has 10 heterocycles. The SMILES string of the molecule is Cc1ccccn1.Cc1ccccn1.Cc1cccnc1.Cc1cccnc1C.Cc1cccnc1C.Cc1ccncn1.Cc1cncc(C)c1.Cc1cncnc1.Cc1ncccn1.Cc1ncncn1. The van der Waals surface area contributed by atoms with E-state index in [1.807, 2.05) is 174 Å². The smallest absolute Gasteiger partial charge is 0.128 e. The van der Waals surface area contributed by atoms with Crippen LogP contribution in [0.4, 0.5) is 0 Å². The van der Waals surface area contributed by atoms with Crippen LogP contribution in [0.5, 0.6) is 0 Å². The van der Waals surface area contributed by atoms with Crippen LogP contribution in [-0.4, -0.2) is 74.8 Å². The Morgan fingerprint density at radius 3 is 0.918 bits per heavy atom. The summed E-state index contributed by atoms with van der Waals surface area (Å²) in [5.41, 5.74) is 12.7. The van der Waals surface area contributed by atoms with E-state index in [0.717, 1.165) is 45.7 Å². The standard InChI is InChI=1S/3C7H9N.3C6H7N.3C5H6N2.C4H5N3/c1-6-3-7(2)5-8-4-6;2*1-6-4-3-5-8-7(6)2;1-6-3-2-4-7-5-6;2*1-6-4-2-3-5-7-6;1-5-2-6-4-7-3-5;1-5-2-3-6-4-7-5;1-5-6-3-2-4-7-5;1-4-6-2-5-3-7-4/h3*3-5H,1-2H3;3*2-5H,1H3;3*2-4H,1H3;2-3H,1H3. The third-order valence-electron chi connectivity index (χ3n) is 8.73. The lowest BCUT2D eigenvalue weighted by molar-refractivity contribution is 0.974. The van der Waals surface area contributed by atoms with Crippen LogP contribution in [0, 0.1) is 90.0 Å². The lowest BCUT2D eigenvalue weighted by Gasteiger charge is -1.92. The van der Waals surface area contributed by atoms with Crippen LogP contribution < -0.4 is 0 Å². The Hall–Kier alpha value is -8.85. The maximum absolute atomic E-state index is 4.08. The van der Waals surface area contributed by atoms with E-state index in [9.17, 15) is 0 Å². The van der Waals surface area contributed by atoms with Crippen molar-refractivity contribution < 1.29 is 0 Å². The van der Waals surface area contributed by atoms with E-state index < -0.39 is 0 Å². The molecule has 10 aromatic heterocycles. The molecule has 0 aromatic carbocycles. The predicted octanol–water partition coefficient (Wildman–Crippen LogP) is 11.8. The van der Waals surface area contributed by atoms with Crippen molar-refractivity contribution in [1.82, 2.24) is 74.8 Å². The molecule has 10 aromatic rings. The Morgan fingerprint density at radius 1 is 0.247 bits per heavy atom. The first-order chi connectivity index (χ1) is 35.2. The lowest BCUT2D eigenvalue weighted by Crippen LogP contribution is -1.84. The van der Waals surface area contributed by atoms with Gasteiger partial charge in [-0.05, 0) is 178 Å². The molecular weight excluding hydrogens is 907 g/mol. The van der Waals surface area contributed by atoms with Crippen LogP contribution in [0.3, 0.4) is 0 Å². The molecule has 0 aliphatic rings. The Bertz CT molecular complexity index is 2330. The van der Waals surface area contributed by atoms with E-state index in [1.165, 1.54) is 53.1 Å². The van der Waals surface area contributed by atoms with Crippen molar-refractivity contribution in [3.8, 4) is 0 Å². The molecule has 10 rings (SSSR count). The number of rotatable bonds is 0. The molecule has 0 N–H and O–H groups in total. The molecule has 15 nitrogen and oxygen atoms in total. The second kappa shape index (κ2) is 41.0. The summed E-state index contributed by atoms with van der Waals surface area (Å²) in [5, 5.41) is 0. The summed E-state index contributed by atoms with van der Waals surface area (Å²) in [6.45, 7) is 25.8. The number of hydrogen-bond donors (Lipinski definition) is 0. The number of aryl methyl sites for hydroxylation is 13. The van der Waals surface area contributed by atoms with Crippen molar-refractivity contribution in [2.45, 2.75) is 90.0 Å². The van der Waals surface area contributed by atoms with E-state index >= 15 is 0 Å². The van der Waals surface area contributed by atoms with Gasteiger partial charge in [-0.15, -0.1) is 0 Å². The van der Waals surface area contributed by atoms with Gasteiger partial charge in [0.1, 0.15) is 37.0 Å². The Morgan fingerprint density at radius 2 is 0.685 bits per heavy atom. The van der Waals surface area contributed by atoms with E-state index in [4.69, 9.17) is 0 Å². The van der Waals surface area contributed by atoms with E-state index in [2.05, 4.69) is 107 Å². The number of pyridine rings is 6. The van der Waals surface area contributed by atoms with Gasteiger partial charge >= 0.3 is 0 Å². The molecule has 0 saturated heterocycles. The summed E-state index contributed by atoms with van der Waals surface area (Å²) in [7, 11) is 0. The van der Waals surface area contributed by atoms with Crippen LogP contribution >= 0.6 is 0 Å². The topological polar surface area (TPSA) is 193 Å². The first-order valence-electron chi connectivity index (χ1n) is 23.2. The minimum Gasteiger partial charge on any atom is -0.264 e. The third-order valence-corrected chi connectivity index (χ3v) is 8.73. The molecule has 0 atom stereocenters. The van der Waals surface area contributed by atoms with Crippen molar-refractivity contribution in [2.24, 2.45) is 0 Å². The molecule has 0 fully saturated rings. The molecule has 0 saturated carbocycles. The second-order valence-corrected chi connectivity index (χ2v) is 15.6. The zero-order valence-corrected chi connectivity index (χ0v) is 44.7. The van der Waals surface area contributed by atoms with Crippen LogP contribution in [0.25, 0.3) is 0 Å². The molecule has 0 radical (unpaired) electrons. The van der Waals surface area contributed by atoms with Crippen LogP contribution in [0.2, 0.25) is 0 Å². The van der Waals surface area contributed by atoms with Crippen LogP contribution in [0.1, 0.15) is 73.5 Å². The third kappa shape index (κ3) is 37.7. The molecule has 73 heavy (non-hydrogen) atoms.